The molecule has 0 amide bonds. The van der Waals surface area contributed by atoms with Gasteiger partial charge in [-0.2, -0.15) is 9.78 Å². The number of pyridine rings is 1. The Kier molecular flexibility index (Phi) is 9.14. The smallest absolute Gasteiger partial charge is 0.342 e. The fourth-order valence-electron chi connectivity index (χ4n) is 6.55. The van der Waals surface area contributed by atoms with Crippen molar-refractivity contribution in [2.24, 2.45) is 0 Å². The second-order valence-electron chi connectivity index (χ2n) is 11.9. The van der Waals surface area contributed by atoms with E-state index in [2.05, 4.69) is 42.1 Å². The second-order valence-corrected chi connectivity index (χ2v) is 11.9. The molecule has 0 radical (unpaired) electrons. The summed E-state index contributed by atoms with van der Waals surface area (Å²) in [6, 6.07) is 10.2. The zero-order valence-corrected chi connectivity index (χ0v) is 26.0. The van der Waals surface area contributed by atoms with Gasteiger partial charge in [0.2, 0.25) is 5.88 Å². The van der Waals surface area contributed by atoms with Gasteiger partial charge in [0.15, 0.2) is 5.82 Å². The molecular weight excluding hydrogens is 556 g/mol. The van der Waals surface area contributed by atoms with Crippen molar-refractivity contribution in [2.75, 3.05) is 26.3 Å². The summed E-state index contributed by atoms with van der Waals surface area (Å²) in [7, 11) is 0. The summed E-state index contributed by atoms with van der Waals surface area (Å²) in [6.07, 6.45) is 10.4. The normalized spacial score (nSPS) is 19.0. The molecule has 2 aromatic heterocycles. The third-order valence-electron chi connectivity index (χ3n) is 8.95. The maximum absolute atomic E-state index is 11.7. The van der Waals surface area contributed by atoms with Crippen LogP contribution in [0.15, 0.2) is 53.9 Å². The molecule has 0 spiro atoms. The van der Waals surface area contributed by atoms with Crippen LogP contribution in [0.4, 0.5) is 0 Å². The van der Waals surface area contributed by atoms with Crippen molar-refractivity contribution in [3.05, 3.63) is 87.4 Å². The maximum Gasteiger partial charge on any atom is 0.342 e. The van der Waals surface area contributed by atoms with Gasteiger partial charge in [0.05, 0.1) is 24.6 Å². The molecule has 1 N–H and O–H groups in total. The van der Waals surface area contributed by atoms with E-state index in [1.807, 2.05) is 19.1 Å². The van der Waals surface area contributed by atoms with Crippen LogP contribution in [0.1, 0.15) is 84.3 Å². The van der Waals surface area contributed by atoms with Gasteiger partial charge in [-0.15, -0.1) is 0 Å². The van der Waals surface area contributed by atoms with Gasteiger partial charge in [0.25, 0.3) is 0 Å². The molecule has 3 aliphatic rings. The van der Waals surface area contributed by atoms with Gasteiger partial charge >= 0.3 is 5.97 Å². The van der Waals surface area contributed by atoms with Crippen LogP contribution in [0.25, 0.3) is 11.4 Å². The number of carbonyl (C=O) groups is 1. The predicted molar refractivity (Wildman–Crippen MR) is 168 cm³/mol. The van der Waals surface area contributed by atoms with E-state index < -0.39 is 5.97 Å². The number of aromatic nitrogens is 3. The molecule has 0 saturated carbocycles. The molecule has 1 fully saturated rings. The maximum atomic E-state index is 11.7. The molecular formula is C35H42N4O5. The van der Waals surface area contributed by atoms with Gasteiger partial charge < -0.3 is 19.3 Å². The van der Waals surface area contributed by atoms with Crippen molar-refractivity contribution in [1.82, 2.24) is 19.7 Å². The quantitative estimate of drug-likeness (QED) is 0.292. The molecule has 0 unspecified atom stereocenters. The van der Waals surface area contributed by atoms with Crippen LogP contribution in [-0.2, 0) is 29.0 Å². The zero-order chi connectivity index (χ0) is 30.6. The van der Waals surface area contributed by atoms with Gasteiger partial charge in [-0.1, -0.05) is 24.3 Å². The summed E-state index contributed by atoms with van der Waals surface area (Å²) in [4.78, 5) is 19.1. The van der Waals surface area contributed by atoms with E-state index in [0.717, 1.165) is 62.5 Å². The average Bonchev–Trinajstić information content (AvgIpc) is 3.46. The molecule has 3 aromatic rings. The summed E-state index contributed by atoms with van der Waals surface area (Å²) >= 11 is 0. The van der Waals surface area contributed by atoms with Gasteiger partial charge in [-0.05, 0) is 99.3 Å². The molecule has 232 valence electrons. The van der Waals surface area contributed by atoms with E-state index in [1.54, 1.807) is 6.07 Å². The number of benzene rings is 1. The Morgan fingerprint density at radius 1 is 1.14 bits per heavy atom. The molecule has 44 heavy (non-hydrogen) atoms. The number of rotatable bonds is 10. The molecule has 2 aliphatic heterocycles. The van der Waals surface area contributed by atoms with Crippen molar-refractivity contribution in [2.45, 2.75) is 78.6 Å². The largest absolute Gasteiger partial charge is 0.488 e. The number of aromatic carboxylic acids is 1. The topological polar surface area (TPSA) is 98.9 Å². The minimum absolute atomic E-state index is 0.00191. The first-order valence-electron chi connectivity index (χ1n) is 15.8. The van der Waals surface area contributed by atoms with E-state index >= 15 is 0 Å². The lowest BCUT2D eigenvalue weighted by molar-refractivity contribution is -0.00803. The molecule has 6 rings (SSSR count). The second kappa shape index (κ2) is 13.4. The number of allylic oxidation sites excluding steroid dienone is 3. The summed E-state index contributed by atoms with van der Waals surface area (Å²) in [5, 5.41) is 13.9. The van der Waals surface area contributed by atoms with E-state index in [-0.39, 0.29) is 11.4 Å². The SMILES string of the molecule is CCOc1c(C(=O)O)cnn1-c1cccc(C2=CCCC(C)=C2OCc2ccc3c(c2C)CCN(C[C@H]2CCCCO2)C3)n1. The first-order chi connectivity index (χ1) is 21.4. The average molecular weight is 599 g/mol. The van der Waals surface area contributed by atoms with Crippen LogP contribution in [0.5, 0.6) is 5.88 Å². The lowest BCUT2D eigenvalue weighted by atomic mass is 9.91. The van der Waals surface area contributed by atoms with Crippen molar-refractivity contribution < 1.29 is 24.1 Å². The Balaban J connectivity index is 1.18. The Hall–Kier alpha value is -3.95. The minimum Gasteiger partial charge on any atom is -0.488 e. The standard InChI is InChI=1S/C35H42N4O5/c1-4-42-34-30(35(40)41)19-36-39(34)32-13-8-12-31(37-32)29-11-7-9-23(2)33(29)44-22-26-15-14-25-20-38(17-16-28(25)24(26)3)21-27-10-5-6-18-43-27/h8,11-15,19,27H,4-7,9-10,16-18,20-22H2,1-3H3,(H,40,41)/t27-/m1/s1. The first-order valence-corrected chi connectivity index (χ1v) is 15.8. The molecule has 9 nitrogen and oxygen atoms in total. The van der Waals surface area contributed by atoms with Crippen molar-refractivity contribution >= 4 is 11.5 Å². The number of carboxylic acid groups (broad SMARTS) is 1. The van der Waals surface area contributed by atoms with Crippen LogP contribution in [0.3, 0.4) is 0 Å². The molecule has 4 heterocycles. The van der Waals surface area contributed by atoms with Crippen LogP contribution < -0.4 is 4.74 Å². The summed E-state index contributed by atoms with van der Waals surface area (Å²) < 4.78 is 19.7. The van der Waals surface area contributed by atoms with E-state index in [1.165, 1.54) is 58.0 Å². The summed E-state index contributed by atoms with van der Waals surface area (Å²) in [5.41, 5.74) is 8.28. The summed E-state index contributed by atoms with van der Waals surface area (Å²) in [6.45, 7) is 10.9. The third kappa shape index (κ3) is 6.30. The van der Waals surface area contributed by atoms with Gasteiger partial charge in [-0.3, -0.25) is 4.90 Å². The fourth-order valence-corrected chi connectivity index (χ4v) is 6.55. The monoisotopic (exact) mass is 598 g/mol. The van der Waals surface area contributed by atoms with Crippen LogP contribution in [-0.4, -0.2) is 63.1 Å². The van der Waals surface area contributed by atoms with Crippen LogP contribution in [0.2, 0.25) is 0 Å². The molecule has 1 aliphatic carbocycles. The van der Waals surface area contributed by atoms with E-state index in [0.29, 0.717) is 25.1 Å². The first kappa shape index (κ1) is 30.1. The Bertz CT molecular complexity index is 1580. The van der Waals surface area contributed by atoms with Gasteiger partial charge in [0.1, 0.15) is 17.9 Å². The van der Waals surface area contributed by atoms with E-state index in [4.69, 9.17) is 19.2 Å². The number of fused-ring (bicyclic) bond motifs is 1. The molecule has 9 heteroatoms. The number of carboxylic acids is 1. The number of nitrogens with zero attached hydrogens (tertiary/aromatic N) is 4. The van der Waals surface area contributed by atoms with Crippen LogP contribution in [0, 0.1) is 6.92 Å². The summed E-state index contributed by atoms with van der Waals surface area (Å²) in [5.74, 6) is 0.410. The Morgan fingerprint density at radius 3 is 2.82 bits per heavy atom. The number of hydrogen-bond acceptors (Lipinski definition) is 7. The highest BCUT2D eigenvalue weighted by Gasteiger charge is 2.25. The van der Waals surface area contributed by atoms with Crippen molar-refractivity contribution in [3.63, 3.8) is 0 Å². The van der Waals surface area contributed by atoms with Crippen molar-refractivity contribution in [3.8, 4) is 11.7 Å². The van der Waals surface area contributed by atoms with Gasteiger partial charge in [-0.25, -0.2) is 9.78 Å². The molecule has 0 bridgehead atoms. The molecule has 1 saturated heterocycles. The highest BCUT2D eigenvalue weighted by atomic mass is 16.5. The van der Waals surface area contributed by atoms with Gasteiger partial charge in [0, 0.05) is 31.8 Å². The number of hydrogen-bond donors (Lipinski definition) is 1. The molecule has 1 atom stereocenters. The highest BCUT2D eigenvalue weighted by molar-refractivity contribution is 5.90. The lowest BCUT2D eigenvalue weighted by Gasteiger charge is -2.34. The van der Waals surface area contributed by atoms with Crippen LogP contribution >= 0.6 is 0 Å². The Labute approximate surface area is 259 Å². The van der Waals surface area contributed by atoms with E-state index in [9.17, 15) is 9.90 Å². The minimum atomic E-state index is -1.09. The zero-order valence-electron chi connectivity index (χ0n) is 26.0. The highest BCUT2D eigenvalue weighted by Crippen LogP contribution is 2.35. The third-order valence-corrected chi connectivity index (χ3v) is 8.95. The molecule has 1 aromatic carbocycles. The fraction of sp³-hybridized carbons (Fsp3) is 0.457. The number of ether oxygens (including phenoxy) is 3. The lowest BCUT2D eigenvalue weighted by Crippen LogP contribution is -2.39. The van der Waals surface area contributed by atoms with Crippen molar-refractivity contribution in [1.29, 1.82) is 0 Å². The predicted octanol–water partition coefficient (Wildman–Crippen LogP) is 6.27. The Morgan fingerprint density at radius 2 is 2.02 bits per heavy atom.